The number of rotatable bonds is 6. The van der Waals surface area contributed by atoms with Gasteiger partial charge in [-0.2, -0.15) is 0 Å². The summed E-state index contributed by atoms with van der Waals surface area (Å²) in [6, 6.07) is 12.4. The number of hydrogen-bond acceptors (Lipinski definition) is 4. The van der Waals surface area contributed by atoms with Gasteiger partial charge in [-0.3, -0.25) is 4.79 Å². The monoisotopic (exact) mass is 343 g/mol. The van der Waals surface area contributed by atoms with Crippen molar-refractivity contribution >= 4 is 16.7 Å². The van der Waals surface area contributed by atoms with Crippen LogP contribution in [-0.2, 0) is 14.3 Å². The van der Waals surface area contributed by atoms with Crippen LogP contribution in [0.2, 0.25) is 0 Å². The van der Waals surface area contributed by atoms with E-state index in [4.69, 9.17) is 14.2 Å². The van der Waals surface area contributed by atoms with Crippen LogP contribution in [0, 0.1) is 0 Å². The third-order valence-electron chi connectivity index (χ3n) is 4.52. The second kappa shape index (κ2) is 8.32. The highest BCUT2D eigenvalue weighted by Gasteiger charge is 2.24. The second-order valence-corrected chi connectivity index (χ2v) is 6.35. The smallest absolute Gasteiger partial charge is 0.216 e. The van der Waals surface area contributed by atoms with Crippen LogP contribution in [0.15, 0.2) is 36.4 Å². The first-order valence-corrected chi connectivity index (χ1v) is 8.71. The Morgan fingerprint density at radius 2 is 2.04 bits per heavy atom. The molecule has 2 aromatic carbocycles. The van der Waals surface area contributed by atoms with E-state index in [2.05, 4.69) is 29.6 Å². The molecule has 1 N–H and O–H groups in total. The van der Waals surface area contributed by atoms with Crippen molar-refractivity contribution in [2.45, 2.75) is 32.0 Å². The third-order valence-corrected chi connectivity index (χ3v) is 4.52. The lowest BCUT2D eigenvalue weighted by atomic mass is 9.94. The van der Waals surface area contributed by atoms with Gasteiger partial charge in [-0.1, -0.05) is 24.3 Å². The first-order valence-electron chi connectivity index (χ1n) is 8.71. The van der Waals surface area contributed by atoms with Crippen LogP contribution in [0.1, 0.15) is 31.2 Å². The summed E-state index contributed by atoms with van der Waals surface area (Å²) >= 11 is 0. The van der Waals surface area contributed by atoms with Crippen LogP contribution < -0.4 is 10.1 Å². The molecule has 0 unspecified atom stereocenters. The highest BCUT2D eigenvalue weighted by Crippen LogP contribution is 2.31. The van der Waals surface area contributed by atoms with Crippen molar-refractivity contribution in [1.29, 1.82) is 0 Å². The van der Waals surface area contributed by atoms with Crippen molar-refractivity contribution in [2.24, 2.45) is 0 Å². The quantitative estimate of drug-likeness (QED) is 0.818. The van der Waals surface area contributed by atoms with Crippen molar-refractivity contribution in [3.63, 3.8) is 0 Å². The predicted octanol–water partition coefficient (Wildman–Crippen LogP) is 3.22. The standard InChI is InChI=1S/C20H25NO4/c1-14(22)21-10-4-7-20-24-12-16(13-25-20)18-6-3-5-15-11-17(23-2)8-9-19(15)18/h3,5-6,8-9,11,16,20H,4,7,10,12-13H2,1-2H3,(H,21,22)/t16-,20+. The Morgan fingerprint density at radius 1 is 1.24 bits per heavy atom. The summed E-state index contributed by atoms with van der Waals surface area (Å²) in [4.78, 5) is 10.9. The van der Waals surface area contributed by atoms with E-state index in [-0.39, 0.29) is 18.1 Å². The van der Waals surface area contributed by atoms with Gasteiger partial charge >= 0.3 is 0 Å². The van der Waals surface area contributed by atoms with Crippen molar-refractivity contribution < 1.29 is 19.0 Å². The zero-order valence-corrected chi connectivity index (χ0v) is 14.8. The van der Waals surface area contributed by atoms with E-state index >= 15 is 0 Å². The average molecular weight is 343 g/mol. The number of ether oxygens (including phenoxy) is 3. The van der Waals surface area contributed by atoms with Gasteiger partial charge in [-0.05, 0) is 34.9 Å². The molecule has 0 aromatic heterocycles. The number of nitrogens with one attached hydrogen (secondary N) is 1. The van der Waals surface area contributed by atoms with Gasteiger partial charge in [0.2, 0.25) is 5.91 Å². The number of carbonyl (C=O) groups is 1. The SMILES string of the molecule is COc1ccc2c(cccc2[C@H]2CO[C@@H](CCCNC(C)=O)OC2)c1. The topological polar surface area (TPSA) is 56.8 Å². The fraction of sp³-hybridized carbons (Fsp3) is 0.450. The predicted molar refractivity (Wildman–Crippen MR) is 96.9 cm³/mol. The molecule has 0 atom stereocenters. The first-order chi connectivity index (χ1) is 12.2. The van der Waals surface area contributed by atoms with E-state index in [9.17, 15) is 4.79 Å². The molecule has 3 rings (SSSR count). The molecule has 25 heavy (non-hydrogen) atoms. The molecule has 1 aliphatic heterocycles. The minimum absolute atomic E-state index is 0.00173. The van der Waals surface area contributed by atoms with E-state index in [0.717, 1.165) is 24.0 Å². The molecular formula is C20H25NO4. The van der Waals surface area contributed by atoms with Gasteiger partial charge in [0.25, 0.3) is 0 Å². The fourth-order valence-corrected chi connectivity index (χ4v) is 3.19. The van der Waals surface area contributed by atoms with Crippen LogP contribution in [-0.4, -0.2) is 39.1 Å². The molecular weight excluding hydrogens is 318 g/mol. The molecule has 5 nitrogen and oxygen atoms in total. The Kier molecular flexibility index (Phi) is 5.89. The molecule has 1 aliphatic rings. The minimum atomic E-state index is -0.180. The Bertz CT molecular complexity index is 723. The summed E-state index contributed by atoms with van der Waals surface area (Å²) in [6.07, 6.45) is 1.46. The molecule has 0 bridgehead atoms. The van der Waals surface area contributed by atoms with Gasteiger partial charge in [0.15, 0.2) is 6.29 Å². The molecule has 1 fully saturated rings. The van der Waals surface area contributed by atoms with Crippen molar-refractivity contribution in [2.75, 3.05) is 26.9 Å². The minimum Gasteiger partial charge on any atom is -0.497 e. The summed E-state index contributed by atoms with van der Waals surface area (Å²) < 4.78 is 17.1. The highest BCUT2D eigenvalue weighted by molar-refractivity contribution is 5.87. The summed E-state index contributed by atoms with van der Waals surface area (Å²) in [5.41, 5.74) is 1.25. The fourth-order valence-electron chi connectivity index (χ4n) is 3.19. The van der Waals surface area contributed by atoms with E-state index < -0.39 is 0 Å². The number of hydrogen-bond donors (Lipinski definition) is 1. The molecule has 0 aliphatic carbocycles. The van der Waals surface area contributed by atoms with E-state index in [0.29, 0.717) is 19.8 Å². The lowest BCUT2D eigenvalue weighted by Crippen LogP contribution is -2.32. The highest BCUT2D eigenvalue weighted by atomic mass is 16.7. The summed E-state index contributed by atoms with van der Waals surface area (Å²) in [6.45, 7) is 3.48. The zero-order chi connectivity index (χ0) is 17.6. The van der Waals surface area contributed by atoms with Crippen LogP contribution in [0.5, 0.6) is 5.75 Å². The van der Waals surface area contributed by atoms with Crippen LogP contribution in [0.4, 0.5) is 0 Å². The Morgan fingerprint density at radius 3 is 2.76 bits per heavy atom. The Labute approximate surface area is 148 Å². The van der Waals surface area contributed by atoms with Crippen molar-refractivity contribution in [1.82, 2.24) is 5.32 Å². The number of benzene rings is 2. The summed E-state index contributed by atoms with van der Waals surface area (Å²) in [5, 5.41) is 5.16. The summed E-state index contributed by atoms with van der Waals surface area (Å²) in [5.74, 6) is 1.09. The first kappa shape index (κ1) is 17.7. The third kappa shape index (κ3) is 4.50. The lowest BCUT2D eigenvalue weighted by Gasteiger charge is -2.30. The lowest BCUT2D eigenvalue weighted by molar-refractivity contribution is -0.189. The van der Waals surface area contributed by atoms with Gasteiger partial charge in [-0.15, -0.1) is 0 Å². The van der Waals surface area contributed by atoms with Gasteiger partial charge < -0.3 is 19.5 Å². The number of fused-ring (bicyclic) bond motifs is 1. The molecule has 1 heterocycles. The maximum atomic E-state index is 10.9. The van der Waals surface area contributed by atoms with Gasteiger partial charge in [0.1, 0.15) is 5.75 Å². The molecule has 1 amide bonds. The Hall–Kier alpha value is -2.11. The van der Waals surface area contributed by atoms with Crippen molar-refractivity contribution in [3.8, 4) is 5.75 Å². The van der Waals surface area contributed by atoms with Crippen molar-refractivity contribution in [3.05, 3.63) is 42.0 Å². The van der Waals surface area contributed by atoms with E-state index in [1.807, 2.05) is 12.1 Å². The van der Waals surface area contributed by atoms with Gasteiger partial charge in [-0.25, -0.2) is 0 Å². The normalized spacial score (nSPS) is 20.4. The maximum Gasteiger partial charge on any atom is 0.216 e. The average Bonchev–Trinajstić information content (AvgIpc) is 2.64. The largest absolute Gasteiger partial charge is 0.497 e. The Balaban J connectivity index is 1.59. The molecule has 0 radical (unpaired) electrons. The number of methoxy groups -OCH3 is 1. The molecule has 0 saturated carbocycles. The van der Waals surface area contributed by atoms with Gasteiger partial charge in [0.05, 0.1) is 20.3 Å². The van der Waals surface area contributed by atoms with Crippen LogP contribution >= 0.6 is 0 Å². The number of amides is 1. The van der Waals surface area contributed by atoms with Gasteiger partial charge in [0, 0.05) is 25.8 Å². The maximum absolute atomic E-state index is 10.9. The molecule has 2 aromatic rings. The van der Waals surface area contributed by atoms with Crippen LogP contribution in [0.25, 0.3) is 10.8 Å². The van der Waals surface area contributed by atoms with Crippen LogP contribution in [0.3, 0.4) is 0 Å². The number of carbonyl (C=O) groups excluding carboxylic acids is 1. The zero-order valence-electron chi connectivity index (χ0n) is 14.8. The van der Waals surface area contributed by atoms with E-state index in [1.54, 1.807) is 7.11 Å². The molecule has 0 spiro atoms. The van der Waals surface area contributed by atoms with E-state index in [1.165, 1.54) is 17.9 Å². The molecule has 5 heteroatoms. The molecule has 1 saturated heterocycles. The second-order valence-electron chi connectivity index (χ2n) is 6.35. The summed E-state index contributed by atoms with van der Waals surface area (Å²) in [7, 11) is 1.68. The molecule has 134 valence electrons.